The normalized spacial score (nSPS) is 13.8. The summed E-state index contributed by atoms with van der Waals surface area (Å²) >= 11 is 0. The van der Waals surface area contributed by atoms with Gasteiger partial charge in [0.05, 0.1) is 33.7 Å². The lowest BCUT2D eigenvalue weighted by Gasteiger charge is -2.16. The van der Waals surface area contributed by atoms with Crippen molar-refractivity contribution in [1.82, 2.24) is 20.3 Å². The minimum atomic E-state index is -0.840. The first kappa shape index (κ1) is 26.5. The van der Waals surface area contributed by atoms with Crippen LogP contribution in [0.4, 0.5) is 8.78 Å². The number of nitrogens with one attached hydrogen (secondary N) is 2. The van der Waals surface area contributed by atoms with Crippen molar-refractivity contribution < 1.29 is 22.8 Å². The van der Waals surface area contributed by atoms with Crippen LogP contribution in [0.3, 0.4) is 0 Å². The second-order valence-electron chi connectivity index (χ2n) is 10.9. The minimum Gasteiger partial charge on any atom is -0.460 e. The molecule has 0 spiro atoms. The molecule has 1 fully saturated rings. The van der Waals surface area contributed by atoms with Crippen molar-refractivity contribution >= 4 is 33.8 Å². The summed E-state index contributed by atoms with van der Waals surface area (Å²) in [4.78, 5) is 38.0. The standard InChI is InChI=1S/C33H25F2N5O3/c1-17-2-5-19(31(42)40-33(11-12-33)32-38-23-10-13-37-16-24(23)39-32)15-22(17)21-8-9-25-27(29(21)35)28(30(36)41)26(43-25)14-18-3-6-20(34)7-4-18/h2-10,13,15-16H,11-12,14H2,1H3,(H2,36,41)(H,38,39)(H,40,42). The quantitative estimate of drug-likeness (QED) is 0.212. The number of hydrogen-bond acceptors (Lipinski definition) is 5. The molecule has 7 rings (SSSR count). The number of aromatic nitrogens is 3. The highest BCUT2D eigenvalue weighted by atomic mass is 19.1. The summed E-state index contributed by atoms with van der Waals surface area (Å²) in [6.45, 7) is 1.82. The number of primary amides is 1. The van der Waals surface area contributed by atoms with E-state index in [4.69, 9.17) is 10.2 Å². The van der Waals surface area contributed by atoms with Gasteiger partial charge in [0.1, 0.15) is 28.8 Å². The van der Waals surface area contributed by atoms with E-state index in [0.29, 0.717) is 22.5 Å². The first-order valence-corrected chi connectivity index (χ1v) is 13.7. The van der Waals surface area contributed by atoms with E-state index in [2.05, 4.69) is 20.3 Å². The molecule has 0 atom stereocenters. The van der Waals surface area contributed by atoms with Gasteiger partial charge in [-0.05, 0) is 78.9 Å². The molecular formula is C33H25F2N5O3. The molecule has 10 heteroatoms. The summed E-state index contributed by atoms with van der Waals surface area (Å²) in [5.74, 6) is -1.39. The molecule has 2 amide bonds. The molecular weight excluding hydrogens is 552 g/mol. The number of pyridine rings is 1. The van der Waals surface area contributed by atoms with E-state index in [1.54, 1.807) is 60.9 Å². The van der Waals surface area contributed by atoms with E-state index < -0.39 is 23.1 Å². The molecule has 0 saturated heterocycles. The summed E-state index contributed by atoms with van der Waals surface area (Å²) < 4.78 is 35.5. The molecule has 3 aromatic heterocycles. The van der Waals surface area contributed by atoms with Crippen molar-refractivity contribution in [3.63, 3.8) is 0 Å². The predicted molar refractivity (Wildman–Crippen MR) is 156 cm³/mol. The largest absolute Gasteiger partial charge is 0.460 e. The van der Waals surface area contributed by atoms with Crippen LogP contribution in [0.5, 0.6) is 0 Å². The number of carbonyl (C=O) groups is 2. The molecule has 6 aromatic rings. The van der Waals surface area contributed by atoms with Gasteiger partial charge >= 0.3 is 0 Å². The van der Waals surface area contributed by atoms with Crippen molar-refractivity contribution in [2.75, 3.05) is 0 Å². The Kier molecular flexibility index (Phi) is 6.08. The molecule has 1 aliphatic rings. The maximum absolute atomic E-state index is 16.3. The Morgan fingerprint density at radius 2 is 1.84 bits per heavy atom. The molecule has 0 aliphatic heterocycles. The second-order valence-corrected chi connectivity index (χ2v) is 10.9. The summed E-state index contributed by atoms with van der Waals surface area (Å²) in [6, 6.07) is 15.7. The van der Waals surface area contributed by atoms with Crippen molar-refractivity contribution in [2.45, 2.75) is 31.7 Å². The van der Waals surface area contributed by atoms with Gasteiger partial charge in [0.25, 0.3) is 11.8 Å². The molecule has 0 radical (unpaired) electrons. The zero-order chi connectivity index (χ0) is 29.9. The molecule has 4 N–H and O–H groups in total. The molecule has 43 heavy (non-hydrogen) atoms. The Balaban J connectivity index is 1.23. The van der Waals surface area contributed by atoms with E-state index in [9.17, 15) is 14.0 Å². The average Bonchev–Trinajstić information content (AvgIpc) is 3.46. The van der Waals surface area contributed by atoms with Crippen LogP contribution in [0, 0.1) is 18.6 Å². The van der Waals surface area contributed by atoms with Crippen molar-refractivity contribution in [1.29, 1.82) is 0 Å². The third kappa shape index (κ3) is 4.61. The van der Waals surface area contributed by atoms with Gasteiger partial charge in [0.2, 0.25) is 0 Å². The summed E-state index contributed by atoms with van der Waals surface area (Å²) in [5.41, 5.74) is 9.18. The Labute approximate surface area is 244 Å². The molecule has 8 nitrogen and oxygen atoms in total. The molecule has 0 unspecified atom stereocenters. The number of aryl methyl sites for hydroxylation is 1. The number of imidazole rings is 1. The molecule has 1 aliphatic carbocycles. The Morgan fingerprint density at radius 3 is 2.56 bits per heavy atom. The van der Waals surface area contributed by atoms with E-state index in [1.165, 1.54) is 12.1 Å². The molecule has 214 valence electrons. The number of H-pyrrole nitrogens is 1. The van der Waals surface area contributed by atoms with E-state index in [-0.39, 0.29) is 40.2 Å². The van der Waals surface area contributed by atoms with Gasteiger partial charge in [0, 0.05) is 23.7 Å². The third-order valence-corrected chi connectivity index (χ3v) is 8.02. The minimum absolute atomic E-state index is 0.0346. The highest BCUT2D eigenvalue weighted by Crippen LogP contribution is 2.45. The highest BCUT2D eigenvalue weighted by molar-refractivity contribution is 6.08. The molecule has 0 bridgehead atoms. The maximum atomic E-state index is 16.3. The summed E-state index contributed by atoms with van der Waals surface area (Å²) in [5, 5.41) is 3.08. The number of benzene rings is 3. The number of rotatable bonds is 7. The van der Waals surface area contributed by atoms with Gasteiger partial charge in [-0.3, -0.25) is 14.6 Å². The zero-order valence-electron chi connectivity index (χ0n) is 23.0. The number of carbonyl (C=O) groups excluding carboxylic acids is 2. The molecule has 3 aromatic carbocycles. The molecule has 1 saturated carbocycles. The van der Waals surface area contributed by atoms with Gasteiger partial charge in [0.15, 0.2) is 0 Å². The predicted octanol–water partition coefficient (Wildman–Crippen LogP) is 6.07. The smallest absolute Gasteiger partial charge is 0.253 e. The topological polar surface area (TPSA) is 127 Å². The fourth-order valence-electron chi connectivity index (χ4n) is 5.55. The Bertz CT molecular complexity index is 2040. The third-order valence-electron chi connectivity index (χ3n) is 8.02. The lowest BCUT2D eigenvalue weighted by molar-refractivity contribution is 0.0928. The van der Waals surface area contributed by atoms with E-state index in [1.807, 2.05) is 6.92 Å². The van der Waals surface area contributed by atoms with E-state index in [0.717, 1.165) is 29.4 Å². The van der Waals surface area contributed by atoms with Crippen LogP contribution in [-0.4, -0.2) is 26.8 Å². The number of nitrogens with two attached hydrogens (primary N) is 1. The number of furan rings is 1. The van der Waals surface area contributed by atoms with Gasteiger partial charge < -0.3 is 20.5 Å². The van der Waals surface area contributed by atoms with Crippen LogP contribution in [0.15, 0.2) is 77.5 Å². The number of fused-ring (bicyclic) bond motifs is 2. The number of amides is 2. The van der Waals surface area contributed by atoms with Crippen LogP contribution in [0.1, 0.15) is 56.3 Å². The fourth-order valence-corrected chi connectivity index (χ4v) is 5.55. The molecule has 3 heterocycles. The Hall–Kier alpha value is -5.38. The van der Waals surface area contributed by atoms with Crippen molar-refractivity contribution in [3.8, 4) is 11.1 Å². The number of halogens is 2. The number of hydrogen-bond donors (Lipinski definition) is 3. The number of aromatic amines is 1. The van der Waals surface area contributed by atoms with Crippen molar-refractivity contribution in [2.24, 2.45) is 5.73 Å². The number of nitrogens with zero attached hydrogens (tertiary/aromatic N) is 2. The second kappa shape index (κ2) is 9.87. The monoisotopic (exact) mass is 577 g/mol. The SMILES string of the molecule is Cc1ccc(C(=O)NC2(c3nc4ccncc4[nH]3)CC2)cc1-c1ccc2oc(Cc3ccc(F)cc3)c(C(N)=O)c2c1F. The lowest BCUT2D eigenvalue weighted by atomic mass is 9.95. The maximum Gasteiger partial charge on any atom is 0.253 e. The Morgan fingerprint density at radius 1 is 1.05 bits per heavy atom. The summed E-state index contributed by atoms with van der Waals surface area (Å²) in [6.07, 6.45) is 4.94. The lowest BCUT2D eigenvalue weighted by Crippen LogP contribution is -2.35. The average molecular weight is 578 g/mol. The van der Waals surface area contributed by atoms with Crippen LogP contribution >= 0.6 is 0 Å². The first-order valence-electron chi connectivity index (χ1n) is 13.7. The van der Waals surface area contributed by atoms with Gasteiger partial charge in [-0.25, -0.2) is 13.8 Å². The highest BCUT2D eigenvalue weighted by Gasteiger charge is 2.48. The van der Waals surface area contributed by atoms with E-state index >= 15 is 4.39 Å². The van der Waals surface area contributed by atoms with Crippen LogP contribution in [-0.2, 0) is 12.0 Å². The van der Waals surface area contributed by atoms with Gasteiger partial charge in [-0.2, -0.15) is 0 Å². The van der Waals surface area contributed by atoms with Crippen LogP contribution in [0.2, 0.25) is 0 Å². The van der Waals surface area contributed by atoms with Gasteiger partial charge in [-0.15, -0.1) is 0 Å². The summed E-state index contributed by atoms with van der Waals surface area (Å²) in [7, 11) is 0. The van der Waals surface area contributed by atoms with Gasteiger partial charge in [-0.1, -0.05) is 18.2 Å². The fraction of sp³-hybridized carbons (Fsp3) is 0.152. The van der Waals surface area contributed by atoms with Crippen LogP contribution < -0.4 is 11.1 Å². The van der Waals surface area contributed by atoms with Crippen LogP contribution in [0.25, 0.3) is 33.1 Å². The first-order chi connectivity index (χ1) is 20.7. The zero-order valence-corrected chi connectivity index (χ0v) is 23.0. The van der Waals surface area contributed by atoms with Crippen molar-refractivity contribution in [3.05, 3.63) is 119 Å².